The summed E-state index contributed by atoms with van der Waals surface area (Å²) in [6, 6.07) is 3.08. The van der Waals surface area contributed by atoms with Crippen LogP contribution in [0.15, 0.2) is 12.3 Å². The van der Waals surface area contributed by atoms with Gasteiger partial charge in [0.15, 0.2) is 0 Å². The zero-order valence-corrected chi connectivity index (χ0v) is 10.5. The van der Waals surface area contributed by atoms with Crippen LogP contribution in [0.5, 0.6) is 0 Å². The van der Waals surface area contributed by atoms with E-state index in [1.165, 1.54) is 25.0 Å². The second kappa shape index (κ2) is 5.00. The normalized spacial score (nSPS) is 32.6. The molecule has 0 amide bonds. The van der Waals surface area contributed by atoms with Crippen LogP contribution in [-0.4, -0.2) is 16.2 Å². The Morgan fingerprint density at radius 2 is 2.25 bits per heavy atom. The van der Waals surface area contributed by atoms with Gasteiger partial charge in [0.2, 0.25) is 0 Å². The lowest BCUT2D eigenvalue weighted by molar-refractivity contribution is 0.195. The Balaban J connectivity index is 1.93. The van der Waals surface area contributed by atoms with Gasteiger partial charge in [0, 0.05) is 18.3 Å². The van der Waals surface area contributed by atoms with E-state index in [9.17, 15) is 0 Å². The Labute approximate surface area is 98.0 Å². The molecule has 3 nitrogen and oxygen atoms in total. The second-order valence-corrected chi connectivity index (χ2v) is 5.27. The summed E-state index contributed by atoms with van der Waals surface area (Å²) in [4.78, 5) is 0. The van der Waals surface area contributed by atoms with Gasteiger partial charge >= 0.3 is 0 Å². The minimum absolute atomic E-state index is 0.375. The van der Waals surface area contributed by atoms with Crippen molar-refractivity contribution >= 4 is 0 Å². The summed E-state index contributed by atoms with van der Waals surface area (Å²) >= 11 is 0. The van der Waals surface area contributed by atoms with E-state index >= 15 is 0 Å². The molecule has 1 aliphatic rings. The van der Waals surface area contributed by atoms with Crippen LogP contribution in [-0.2, 0) is 0 Å². The van der Waals surface area contributed by atoms with Crippen LogP contribution in [0.3, 0.4) is 0 Å². The van der Waals surface area contributed by atoms with E-state index in [0.29, 0.717) is 12.1 Å². The number of H-pyrrole nitrogens is 1. The molecule has 4 unspecified atom stereocenters. The zero-order chi connectivity index (χ0) is 11.5. The molecule has 2 N–H and O–H groups in total. The Hall–Kier alpha value is -0.830. The average Bonchev–Trinajstić information content (AvgIpc) is 2.78. The molecule has 0 saturated heterocycles. The van der Waals surface area contributed by atoms with Crippen molar-refractivity contribution in [3.63, 3.8) is 0 Å². The summed E-state index contributed by atoms with van der Waals surface area (Å²) < 4.78 is 0. The van der Waals surface area contributed by atoms with Gasteiger partial charge < -0.3 is 5.32 Å². The number of aromatic nitrogens is 2. The van der Waals surface area contributed by atoms with Crippen LogP contribution in [0.4, 0.5) is 0 Å². The van der Waals surface area contributed by atoms with Crippen molar-refractivity contribution < 1.29 is 0 Å². The van der Waals surface area contributed by atoms with Gasteiger partial charge in [-0.15, -0.1) is 0 Å². The van der Waals surface area contributed by atoms with Crippen molar-refractivity contribution in [1.82, 2.24) is 15.5 Å². The summed E-state index contributed by atoms with van der Waals surface area (Å²) in [5.41, 5.74) is 1.19. The molecule has 1 fully saturated rings. The Bertz CT molecular complexity index is 307. The predicted molar refractivity (Wildman–Crippen MR) is 66.1 cm³/mol. The van der Waals surface area contributed by atoms with E-state index in [-0.39, 0.29) is 0 Å². The first-order valence-corrected chi connectivity index (χ1v) is 6.44. The zero-order valence-electron chi connectivity index (χ0n) is 10.5. The van der Waals surface area contributed by atoms with Crippen LogP contribution in [0.25, 0.3) is 0 Å². The average molecular weight is 221 g/mol. The summed E-state index contributed by atoms with van der Waals surface area (Å²) in [6.07, 6.45) is 5.88. The Kier molecular flexibility index (Phi) is 3.64. The molecule has 3 heteroatoms. The lowest BCUT2D eigenvalue weighted by Crippen LogP contribution is -2.41. The number of hydrogen-bond donors (Lipinski definition) is 2. The minimum atomic E-state index is 0.375. The summed E-state index contributed by atoms with van der Waals surface area (Å²) in [5, 5.41) is 10.8. The van der Waals surface area contributed by atoms with Crippen molar-refractivity contribution in [1.29, 1.82) is 0 Å². The Morgan fingerprint density at radius 3 is 2.94 bits per heavy atom. The van der Waals surface area contributed by atoms with Crippen LogP contribution in [0.1, 0.15) is 51.8 Å². The van der Waals surface area contributed by atoms with Gasteiger partial charge in [0.1, 0.15) is 0 Å². The second-order valence-electron chi connectivity index (χ2n) is 5.27. The molecule has 0 aromatic carbocycles. The molecule has 16 heavy (non-hydrogen) atoms. The van der Waals surface area contributed by atoms with E-state index in [1.807, 2.05) is 6.20 Å². The molecule has 1 heterocycles. The van der Waals surface area contributed by atoms with Gasteiger partial charge in [0.05, 0.1) is 5.69 Å². The van der Waals surface area contributed by atoms with Crippen molar-refractivity contribution in [2.45, 2.75) is 52.1 Å². The molecule has 1 saturated carbocycles. The highest BCUT2D eigenvalue weighted by Crippen LogP contribution is 2.30. The SMILES string of the molecule is CC(NC1CCCC(C)C1C)c1ccn[nH]1. The van der Waals surface area contributed by atoms with Crippen LogP contribution in [0.2, 0.25) is 0 Å². The smallest absolute Gasteiger partial charge is 0.0518 e. The molecule has 1 aromatic rings. The fourth-order valence-corrected chi connectivity index (χ4v) is 2.74. The van der Waals surface area contributed by atoms with Crippen molar-refractivity contribution in [2.75, 3.05) is 0 Å². The number of hydrogen-bond acceptors (Lipinski definition) is 2. The van der Waals surface area contributed by atoms with Crippen LogP contribution in [0, 0.1) is 11.8 Å². The lowest BCUT2D eigenvalue weighted by Gasteiger charge is -2.36. The Morgan fingerprint density at radius 1 is 1.44 bits per heavy atom. The maximum Gasteiger partial charge on any atom is 0.0518 e. The van der Waals surface area contributed by atoms with Gasteiger partial charge in [0.25, 0.3) is 0 Å². The minimum Gasteiger partial charge on any atom is -0.306 e. The van der Waals surface area contributed by atoms with E-state index in [1.54, 1.807) is 0 Å². The molecule has 0 radical (unpaired) electrons. The molecule has 1 aliphatic carbocycles. The van der Waals surface area contributed by atoms with Gasteiger partial charge in [-0.3, -0.25) is 5.10 Å². The quantitative estimate of drug-likeness (QED) is 0.824. The molecular formula is C13H23N3. The molecule has 90 valence electrons. The van der Waals surface area contributed by atoms with Crippen molar-refractivity contribution in [3.8, 4) is 0 Å². The number of aromatic amines is 1. The third kappa shape index (κ3) is 2.46. The third-order valence-corrected chi connectivity index (χ3v) is 4.16. The number of nitrogens with zero attached hydrogens (tertiary/aromatic N) is 1. The highest BCUT2D eigenvalue weighted by Gasteiger charge is 2.28. The first-order valence-electron chi connectivity index (χ1n) is 6.44. The van der Waals surface area contributed by atoms with Crippen LogP contribution >= 0.6 is 0 Å². The third-order valence-electron chi connectivity index (χ3n) is 4.16. The van der Waals surface area contributed by atoms with E-state index < -0.39 is 0 Å². The maximum absolute atomic E-state index is 4.01. The summed E-state index contributed by atoms with van der Waals surface area (Å²) in [7, 11) is 0. The molecule has 0 bridgehead atoms. The molecule has 0 spiro atoms. The fraction of sp³-hybridized carbons (Fsp3) is 0.769. The first-order chi connectivity index (χ1) is 7.68. The van der Waals surface area contributed by atoms with Gasteiger partial charge in [-0.2, -0.15) is 5.10 Å². The highest BCUT2D eigenvalue weighted by molar-refractivity contribution is 5.04. The van der Waals surface area contributed by atoms with Gasteiger partial charge in [-0.1, -0.05) is 26.7 Å². The summed E-state index contributed by atoms with van der Waals surface area (Å²) in [6.45, 7) is 6.96. The largest absolute Gasteiger partial charge is 0.306 e. The van der Waals surface area contributed by atoms with Crippen LogP contribution < -0.4 is 5.32 Å². The van der Waals surface area contributed by atoms with Gasteiger partial charge in [-0.25, -0.2) is 0 Å². The predicted octanol–water partition coefficient (Wildman–Crippen LogP) is 2.89. The maximum atomic E-state index is 4.01. The van der Waals surface area contributed by atoms with Gasteiger partial charge in [-0.05, 0) is 31.2 Å². The monoisotopic (exact) mass is 221 g/mol. The number of rotatable bonds is 3. The van der Waals surface area contributed by atoms with E-state index in [2.05, 4.69) is 42.4 Å². The topological polar surface area (TPSA) is 40.7 Å². The summed E-state index contributed by atoms with van der Waals surface area (Å²) in [5.74, 6) is 1.62. The van der Waals surface area contributed by atoms with E-state index in [0.717, 1.165) is 11.8 Å². The molecular weight excluding hydrogens is 198 g/mol. The molecule has 4 atom stereocenters. The standard InChI is InChI=1S/C13H23N3/c1-9-5-4-6-12(10(9)2)15-11(3)13-7-8-14-16-13/h7-12,15H,4-6H2,1-3H3,(H,14,16). The van der Waals surface area contributed by atoms with Crippen molar-refractivity contribution in [2.24, 2.45) is 11.8 Å². The molecule has 2 rings (SSSR count). The molecule has 1 aromatic heterocycles. The number of nitrogens with one attached hydrogen (secondary N) is 2. The molecule has 0 aliphatic heterocycles. The highest BCUT2D eigenvalue weighted by atomic mass is 15.1. The lowest BCUT2D eigenvalue weighted by atomic mass is 9.78. The fourth-order valence-electron chi connectivity index (χ4n) is 2.74. The first kappa shape index (κ1) is 11.6. The van der Waals surface area contributed by atoms with E-state index in [4.69, 9.17) is 0 Å². The van der Waals surface area contributed by atoms with Crippen molar-refractivity contribution in [3.05, 3.63) is 18.0 Å².